The summed E-state index contributed by atoms with van der Waals surface area (Å²) in [5, 5.41) is 9.87. The predicted molar refractivity (Wildman–Crippen MR) is 142 cm³/mol. The first-order chi connectivity index (χ1) is 17.4. The molecule has 0 radical (unpaired) electrons. The van der Waals surface area contributed by atoms with Crippen molar-refractivity contribution in [2.24, 2.45) is 0 Å². The largest absolute Gasteiger partial charge is 0.496 e. The third-order valence-electron chi connectivity index (χ3n) is 5.01. The van der Waals surface area contributed by atoms with E-state index < -0.39 is 12.6 Å². The highest BCUT2D eigenvalue weighted by Crippen LogP contribution is 2.29. The third-order valence-corrected chi connectivity index (χ3v) is 5.56. The predicted octanol–water partition coefficient (Wildman–Crippen LogP) is 6.43. The SMILES string of the molecule is COc1ccc(C#Cc2cccc(OCC(=O)O)c2)cc1C=Cc1ncc(-c2ccc(Cl)cc2Cl)[nH]1. The summed E-state index contributed by atoms with van der Waals surface area (Å²) in [5.41, 5.74) is 3.89. The van der Waals surface area contributed by atoms with Crippen molar-refractivity contribution in [1.29, 1.82) is 0 Å². The number of carbonyl (C=O) groups is 1. The van der Waals surface area contributed by atoms with E-state index in [1.165, 1.54) is 0 Å². The van der Waals surface area contributed by atoms with E-state index in [1.807, 2.05) is 42.5 Å². The topological polar surface area (TPSA) is 84.4 Å². The molecule has 1 aromatic heterocycles. The normalized spacial score (nSPS) is 10.6. The van der Waals surface area contributed by atoms with Crippen LogP contribution in [0.4, 0.5) is 0 Å². The van der Waals surface area contributed by atoms with E-state index in [4.69, 9.17) is 37.8 Å². The molecule has 0 bridgehead atoms. The number of carboxylic acid groups (broad SMARTS) is 1. The lowest BCUT2D eigenvalue weighted by Gasteiger charge is -2.05. The standard InChI is InChI=1S/C28H20Cl2N2O4/c1-35-26-11-7-19(6-5-18-3-2-4-22(14-18)36-17-28(33)34)13-20(26)8-12-27-31-16-25(32-27)23-10-9-21(29)15-24(23)30/h2-4,7-16H,17H2,1H3,(H,31,32)(H,33,34). The summed E-state index contributed by atoms with van der Waals surface area (Å²) in [6.07, 6.45) is 5.43. The molecule has 0 saturated heterocycles. The molecule has 0 saturated carbocycles. The highest BCUT2D eigenvalue weighted by Gasteiger charge is 2.07. The van der Waals surface area contributed by atoms with Gasteiger partial charge in [0.25, 0.3) is 0 Å². The number of benzene rings is 3. The highest BCUT2D eigenvalue weighted by molar-refractivity contribution is 6.36. The van der Waals surface area contributed by atoms with E-state index in [0.717, 1.165) is 22.4 Å². The van der Waals surface area contributed by atoms with Gasteiger partial charge in [-0.3, -0.25) is 0 Å². The second-order valence-electron chi connectivity index (χ2n) is 7.56. The fourth-order valence-electron chi connectivity index (χ4n) is 3.33. The molecule has 3 aromatic carbocycles. The average molecular weight is 519 g/mol. The Balaban J connectivity index is 1.54. The van der Waals surface area contributed by atoms with Crippen LogP contribution in [0, 0.1) is 11.8 Å². The lowest BCUT2D eigenvalue weighted by atomic mass is 10.1. The molecule has 0 spiro atoms. The number of ether oxygens (including phenoxy) is 2. The van der Waals surface area contributed by atoms with Gasteiger partial charge in [-0.1, -0.05) is 41.1 Å². The Morgan fingerprint density at radius 1 is 1.06 bits per heavy atom. The van der Waals surface area contributed by atoms with E-state index in [-0.39, 0.29) is 0 Å². The second-order valence-corrected chi connectivity index (χ2v) is 8.40. The van der Waals surface area contributed by atoms with E-state index in [1.54, 1.807) is 43.6 Å². The molecule has 0 aliphatic rings. The summed E-state index contributed by atoms with van der Waals surface area (Å²) in [5.74, 6) is 6.94. The Labute approximate surface area is 218 Å². The van der Waals surface area contributed by atoms with Gasteiger partial charge < -0.3 is 19.6 Å². The lowest BCUT2D eigenvalue weighted by molar-refractivity contribution is -0.139. The van der Waals surface area contributed by atoms with Crippen LogP contribution in [-0.2, 0) is 4.79 Å². The van der Waals surface area contributed by atoms with Crippen LogP contribution in [-0.4, -0.2) is 34.8 Å². The van der Waals surface area contributed by atoms with E-state index in [0.29, 0.717) is 32.9 Å². The summed E-state index contributed by atoms with van der Waals surface area (Å²) in [4.78, 5) is 18.3. The summed E-state index contributed by atoms with van der Waals surface area (Å²) in [7, 11) is 1.61. The lowest BCUT2D eigenvalue weighted by Crippen LogP contribution is -2.09. The number of aromatic nitrogens is 2. The number of aliphatic carboxylic acids is 1. The molecule has 1 heterocycles. The minimum Gasteiger partial charge on any atom is -0.496 e. The number of hydrogen-bond acceptors (Lipinski definition) is 4. The zero-order valence-electron chi connectivity index (χ0n) is 19.1. The molecule has 0 aliphatic heterocycles. The first-order valence-electron chi connectivity index (χ1n) is 10.7. The van der Waals surface area contributed by atoms with Crippen molar-refractivity contribution in [3.8, 4) is 34.6 Å². The third kappa shape index (κ3) is 6.48. The van der Waals surface area contributed by atoms with Crippen LogP contribution >= 0.6 is 23.2 Å². The maximum atomic E-state index is 10.7. The first kappa shape index (κ1) is 24.9. The number of halogens is 2. The molecular weight excluding hydrogens is 499 g/mol. The van der Waals surface area contributed by atoms with E-state index >= 15 is 0 Å². The van der Waals surface area contributed by atoms with Crippen molar-refractivity contribution in [1.82, 2.24) is 9.97 Å². The maximum Gasteiger partial charge on any atom is 0.341 e. The first-order valence-corrected chi connectivity index (χ1v) is 11.5. The number of aromatic amines is 1. The maximum absolute atomic E-state index is 10.7. The number of nitrogens with one attached hydrogen (secondary N) is 1. The summed E-state index contributed by atoms with van der Waals surface area (Å²) < 4.78 is 10.7. The monoisotopic (exact) mass is 518 g/mol. The van der Waals surface area contributed by atoms with Crippen LogP contribution in [0.25, 0.3) is 23.4 Å². The van der Waals surface area contributed by atoms with Crippen molar-refractivity contribution < 1.29 is 19.4 Å². The molecule has 36 heavy (non-hydrogen) atoms. The van der Waals surface area contributed by atoms with Gasteiger partial charge in [0, 0.05) is 27.3 Å². The van der Waals surface area contributed by atoms with Crippen LogP contribution in [0.15, 0.2) is 66.9 Å². The molecule has 8 heteroatoms. The van der Waals surface area contributed by atoms with Crippen LogP contribution in [0.2, 0.25) is 10.0 Å². The molecule has 6 nitrogen and oxygen atoms in total. The second kappa shape index (κ2) is 11.5. The molecule has 0 amide bonds. The Bertz CT molecular complexity index is 1500. The number of H-pyrrole nitrogens is 1. The number of carboxylic acids is 1. The molecule has 180 valence electrons. The van der Waals surface area contributed by atoms with Gasteiger partial charge in [0.2, 0.25) is 0 Å². The van der Waals surface area contributed by atoms with Gasteiger partial charge in [-0.05, 0) is 66.7 Å². The van der Waals surface area contributed by atoms with Crippen molar-refractivity contribution in [3.05, 3.63) is 99.4 Å². The Kier molecular flexibility index (Phi) is 7.96. The summed E-state index contributed by atoms with van der Waals surface area (Å²) >= 11 is 12.3. The van der Waals surface area contributed by atoms with Crippen molar-refractivity contribution in [2.75, 3.05) is 13.7 Å². The number of hydrogen-bond donors (Lipinski definition) is 2. The number of nitrogens with zero attached hydrogens (tertiary/aromatic N) is 1. The molecule has 4 rings (SSSR count). The van der Waals surface area contributed by atoms with Crippen molar-refractivity contribution in [3.63, 3.8) is 0 Å². The quantitative estimate of drug-likeness (QED) is 0.275. The zero-order chi connectivity index (χ0) is 25.5. The van der Waals surface area contributed by atoms with Gasteiger partial charge in [0.15, 0.2) is 6.61 Å². The minimum atomic E-state index is -1.04. The van der Waals surface area contributed by atoms with Crippen molar-refractivity contribution in [2.45, 2.75) is 0 Å². The van der Waals surface area contributed by atoms with Crippen LogP contribution in [0.1, 0.15) is 22.5 Å². The number of rotatable bonds is 7. The van der Waals surface area contributed by atoms with E-state index in [2.05, 4.69) is 21.8 Å². The fraction of sp³-hybridized carbons (Fsp3) is 0.0714. The van der Waals surface area contributed by atoms with Gasteiger partial charge >= 0.3 is 5.97 Å². The van der Waals surface area contributed by atoms with Gasteiger partial charge in [-0.2, -0.15) is 0 Å². The summed E-state index contributed by atoms with van der Waals surface area (Å²) in [6.45, 7) is -0.408. The molecular formula is C28H20Cl2N2O4. The molecule has 0 unspecified atom stereocenters. The number of methoxy groups -OCH3 is 1. The van der Waals surface area contributed by atoms with Crippen LogP contribution < -0.4 is 9.47 Å². The van der Waals surface area contributed by atoms with Gasteiger partial charge in [0.1, 0.15) is 17.3 Å². The fourth-order valence-corrected chi connectivity index (χ4v) is 3.84. The number of imidazole rings is 1. The van der Waals surface area contributed by atoms with E-state index in [9.17, 15) is 4.79 Å². The molecule has 0 atom stereocenters. The molecule has 0 aliphatic carbocycles. The molecule has 0 fully saturated rings. The van der Waals surface area contributed by atoms with Gasteiger partial charge in [0.05, 0.1) is 24.0 Å². The highest BCUT2D eigenvalue weighted by atomic mass is 35.5. The van der Waals surface area contributed by atoms with Crippen LogP contribution in [0.5, 0.6) is 11.5 Å². The molecule has 4 aromatic rings. The van der Waals surface area contributed by atoms with Gasteiger partial charge in [-0.15, -0.1) is 0 Å². The molecule has 2 N–H and O–H groups in total. The summed E-state index contributed by atoms with van der Waals surface area (Å²) in [6, 6.07) is 17.9. The Hall–Kier alpha value is -4.18. The minimum absolute atomic E-state index is 0.408. The van der Waals surface area contributed by atoms with Gasteiger partial charge in [-0.25, -0.2) is 9.78 Å². The average Bonchev–Trinajstić information content (AvgIpc) is 3.34. The smallest absolute Gasteiger partial charge is 0.341 e. The zero-order valence-corrected chi connectivity index (χ0v) is 20.6. The van der Waals surface area contributed by atoms with Crippen molar-refractivity contribution >= 4 is 41.3 Å². The van der Waals surface area contributed by atoms with Crippen LogP contribution in [0.3, 0.4) is 0 Å². The Morgan fingerprint density at radius 2 is 1.86 bits per heavy atom. The Morgan fingerprint density at radius 3 is 2.61 bits per heavy atom.